The van der Waals surface area contributed by atoms with Crippen molar-refractivity contribution in [2.75, 3.05) is 36.4 Å². The summed E-state index contributed by atoms with van der Waals surface area (Å²) in [4.78, 5) is 30.3. The fourth-order valence-corrected chi connectivity index (χ4v) is 4.16. The largest absolute Gasteiger partial charge is 0.354 e. The second-order valence-corrected chi connectivity index (χ2v) is 9.24. The van der Waals surface area contributed by atoms with Crippen LogP contribution in [0, 0.1) is 0 Å². The van der Waals surface area contributed by atoms with E-state index in [2.05, 4.69) is 25.4 Å². The maximum Gasteiger partial charge on any atom is 0.257 e. The average molecular weight is 487 g/mol. The highest BCUT2D eigenvalue weighted by molar-refractivity contribution is 6.59. The second kappa shape index (κ2) is 10.0. The van der Waals surface area contributed by atoms with E-state index in [0.717, 1.165) is 5.39 Å². The van der Waals surface area contributed by atoms with Gasteiger partial charge in [0.2, 0.25) is 0 Å². The van der Waals surface area contributed by atoms with E-state index in [-0.39, 0.29) is 5.91 Å². The lowest BCUT2D eigenvalue weighted by atomic mass is 9.48. The van der Waals surface area contributed by atoms with E-state index >= 15 is 0 Å². The second-order valence-electron chi connectivity index (χ2n) is 9.24. The van der Waals surface area contributed by atoms with Gasteiger partial charge in [0.05, 0.1) is 64.5 Å². The minimum Gasteiger partial charge on any atom is -0.354 e. The van der Waals surface area contributed by atoms with Gasteiger partial charge in [-0.25, -0.2) is 15.0 Å². The quantitative estimate of drug-likeness (QED) is 0.365. The average Bonchev–Trinajstić information content (AvgIpc) is 3.39. The molecule has 9 nitrogen and oxygen atoms in total. The van der Waals surface area contributed by atoms with Crippen LogP contribution >= 0.6 is 0 Å². The van der Waals surface area contributed by atoms with E-state index in [0.29, 0.717) is 60.2 Å². The molecule has 174 valence electrons. The van der Waals surface area contributed by atoms with Crippen molar-refractivity contribution in [3.63, 3.8) is 0 Å². The predicted molar refractivity (Wildman–Crippen MR) is 152 cm³/mol. The molecule has 1 N–H and O–H groups in total. The number of nitrogens with one attached hydrogen (secondary N) is 1. The van der Waals surface area contributed by atoms with Gasteiger partial charge in [0.1, 0.15) is 11.6 Å². The van der Waals surface area contributed by atoms with Crippen LogP contribution in [0.15, 0.2) is 55.1 Å². The minimum atomic E-state index is -1.62. The number of nitrogens with zero attached hydrogens (tertiary/aromatic N) is 7. The number of pyridine rings is 3. The molecule has 38 heavy (non-hydrogen) atoms. The fourth-order valence-electron chi connectivity index (χ4n) is 4.16. The number of fused-ring (bicyclic) bond motifs is 1. The molecule has 12 radical (unpaired) electrons. The summed E-state index contributed by atoms with van der Waals surface area (Å²) in [6, 6.07) is 8.75. The SMILES string of the molecule is [B]C([B])([B])N1CCN(c2cc(C(=O)Nc3cc4nc(-c5cnn(C([B])([B])[B])c5)ccc4cn3)ccn2)CC1. The van der Waals surface area contributed by atoms with Crippen LogP contribution in [0.1, 0.15) is 10.4 Å². The third-order valence-corrected chi connectivity index (χ3v) is 6.25. The zero-order valence-electron chi connectivity index (χ0n) is 20.5. The van der Waals surface area contributed by atoms with E-state index in [9.17, 15) is 4.79 Å². The molecule has 5 heterocycles. The zero-order chi connectivity index (χ0) is 27.1. The van der Waals surface area contributed by atoms with Gasteiger partial charge in [-0.05, 0) is 29.5 Å². The Hall–Kier alpha value is -3.46. The Labute approximate surface area is 228 Å². The number of rotatable bonds is 6. The first kappa shape index (κ1) is 26.2. The Morgan fingerprint density at radius 2 is 1.66 bits per heavy atom. The van der Waals surface area contributed by atoms with Crippen molar-refractivity contribution in [1.82, 2.24) is 29.6 Å². The first-order valence-corrected chi connectivity index (χ1v) is 11.8. The van der Waals surface area contributed by atoms with E-state index in [1.165, 1.54) is 4.68 Å². The lowest BCUT2D eigenvalue weighted by Gasteiger charge is -2.43. The van der Waals surface area contributed by atoms with Crippen LogP contribution in [0.3, 0.4) is 0 Å². The lowest BCUT2D eigenvalue weighted by molar-refractivity contribution is 0.102. The van der Waals surface area contributed by atoms with Gasteiger partial charge in [0, 0.05) is 67.3 Å². The fraction of sp³-hybridized carbons (Fsp3) is 0.261. The molecule has 0 saturated carbocycles. The molecule has 0 aromatic carbocycles. The van der Waals surface area contributed by atoms with Crippen LogP contribution < -0.4 is 10.2 Å². The van der Waals surface area contributed by atoms with Crippen molar-refractivity contribution in [1.29, 1.82) is 0 Å². The van der Waals surface area contributed by atoms with Gasteiger partial charge in [0.25, 0.3) is 5.91 Å². The number of hydrogen-bond donors (Lipinski definition) is 1. The highest BCUT2D eigenvalue weighted by atomic mass is 16.1. The van der Waals surface area contributed by atoms with Crippen LogP contribution in [0.25, 0.3) is 22.2 Å². The molecule has 5 rings (SSSR count). The Morgan fingerprint density at radius 3 is 2.34 bits per heavy atom. The van der Waals surface area contributed by atoms with E-state index in [4.69, 9.17) is 47.1 Å². The monoisotopic (exact) mass is 488 g/mol. The van der Waals surface area contributed by atoms with Gasteiger partial charge in [-0.1, -0.05) is 5.24 Å². The summed E-state index contributed by atoms with van der Waals surface area (Å²) in [5.74, 6) is 0.695. The highest BCUT2D eigenvalue weighted by Gasteiger charge is 2.25. The molecule has 1 aliphatic heterocycles. The Kier molecular flexibility index (Phi) is 6.90. The maximum atomic E-state index is 13.0. The van der Waals surface area contributed by atoms with Crippen LogP contribution in [-0.4, -0.2) is 114 Å². The number of carbonyl (C=O) groups excluding carboxylic acids is 1. The summed E-state index contributed by atoms with van der Waals surface area (Å²) in [7, 11) is 34.4. The third-order valence-electron chi connectivity index (χ3n) is 6.25. The molecule has 4 aromatic heterocycles. The van der Waals surface area contributed by atoms with Crippen LogP contribution in [-0.2, 0) is 5.24 Å². The Bertz CT molecular complexity index is 1480. The van der Waals surface area contributed by atoms with Crippen molar-refractivity contribution in [3.05, 3.63) is 60.7 Å². The van der Waals surface area contributed by atoms with Gasteiger partial charge in [0.15, 0.2) is 0 Å². The van der Waals surface area contributed by atoms with Gasteiger partial charge in [-0.15, -0.1) is 0 Å². The van der Waals surface area contributed by atoms with Crippen molar-refractivity contribution >= 4 is 75.5 Å². The van der Waals surface area contributed by atoms with Gasteiger partial charge in [-0.2, -0.15) is 5.10 Å². The van der Waals surface area contributed by atoms with Crippen molar-refractivity contribution < 1.29 is 4.79 Å². The molecule has 15 heteroatoms. The van der Waals surface area contributed by atoms with Crippen molar-refractivity contribution in [3.8, 4) is 11.3 Å². The normalized spacial score (nSPS) is 15.0. The maximum absolute atomic E-state index is 13.0. The van der Waals surface area contributed by atoms with E-state index < -0.39 is 10.5 Å². The standard InChI is InChI=1S/C23H18B6N8O/c24-22(25,26)36-7-5-35(6-8-36)20-9-14(3-4-30-20)21(38)34-19-10-18-15(11-31-19)1-2-17(33-18)16-12-32-37(13-16)23(27,28)29/h1-4,9-13H,5-8H2,(H,31,34,38). The van der Waals surface area contributed by atoms with Gasteiger partial charge in [-0.3, -0.25) is 9.48 Å². The van der Waals surface area contributed by atoms with Gasteiger partial charge >= 0.3 is 0 Å². The first-order chi connectivity index (χ1) is 18.0. The van der Waals surface area contributed by atoms with E-state index in [1.54, 1.807) is 47.9 Å². The Balaban J connectivity index is 1.31. The summed E-state index contributed by atoms with van der Waals surface area (Å²) >= 11 is 0. The van der Waals surface area contributed by atoms with Crippen LogP contribution in [0.2, 0.25) is 0 Å². The number of piperazine rings is 1. The molecule has 4 aromatic rings. The zero-order valence-corrected chi connectivity index (χ0v) is 20.5. The van der Waals surface area contributed by atoms with Crippen LogP contribution in [0.4, 0.5) is 11.6 Å². The Morgan fingerprint density at radius 1 is 0.895 bits per heavy atom. The summed E-state index contributed by atoms with van der Waals surface area (Å²) in [6.45, 7) is 2.38. The summed E-state index contributed by atoms with van der Waals surface area (Å²) in [5, 5.41) is 4.74. The molecule has 1 fully saturated rings. The molecule has 1 saturated heterocycles. The highest BCUT2D eigenvalue weighted by Crippen LogP contribution is 2.23. The molecular weight excluding hydrogens is 469 g/mol. The molecule has 1 aliphatic rings. The first-order valence-electron chi connectivity index (χ1n) is 11.8. The molecule has 0 aliphatic carbocycles. The minimum absolute atomic E-state index is 0.327. The third kappa shape index (κ3) is 5.67. The topological polar surface area (TPSA) is 92.1 Å². The molecule has 1 amide bonds. The van der Waals surface area contributed by atoms with Crippen molar-refractivity contribution in [2.24, 2.45) is 0 Å². The summed E-state index contributed by atoms with van der Waals surface area (Å²) < 4.78 is 1.25. The molecule has 0 bridgehead atoms. The lowest BCUT2D eigenvalue weighted by Crippen LogP contribution is -2.58. The van der Waals surface area contributed by atoms with Crippen molar-refractivity contribution in [2.45, 2.75) is 10.5 Å². The summed E-state index contributed by atoms with van der Waals surface area (Å²) in [6.07, 6.45) is 6.41. The number of hydrogen-bond acceptors (Lipinski definition) is 7. The number of aromatic nitrogens is 5. The summed E-state index contributed by atoms with van der Waals surface area (Å²) in [5.41, 5.74) is 2.38. The smallest absolute Gasteiger partial charge is 0.257 e. The van der Waals surface area contributed by atoms with Crippen LogP contribution in [0.5, 0.6) is 0 Å². The molecule has 0 unspecified atom stereocenters. The number of carbonyl (C=O) groups is 1. The molecule has 0 atom stereocenters. The van der Waals surface area contributed by atoms with E-state index in [1.807, 2.05) is 17.0 Å². The number of anilines is 2. The van der Waals surface area contributed by atoms with Gasteiger partial charge < -0.3 is 15.1 Å². The predicted octanol–water partition coefficient (Wildman–Crippen LogP) is -0.547. The number of amides is 1. The molecule has 0 spiro atoms. The molecular formula is C23H18B6N8O.